The van der Waals surface area contributed by atoms with Gasteiger partial charge >= 0.3 is 0 Å². The maximum absolute atomic E-state index is 10.6. The zero-order chi connectivity index (χ0) is 11.5. The van der Waals surface area contributed by atoms with Crippen molar-refractivity contribution >= 4 is 10.1 Å². The Morgan fingerprint density at radius 2 is 1.80 bits per heavy atom. The average molecular weight is 231 g/mol. The standard InChI is InChI=1S/C9H13NO4S/c10-9(15(12,13)14)6-3-7-1-4-8(11)5-2-7/h1-2,4-5,9,11H,3,6,10H2,(H,12,13,14). The Morgan fingerprint density at radius 3 is 2.27 bits per heavy atom. The predicted molar refractivity (Wildman–Crippen MR) is 56.0 cm³/mol. The van der Waals surface area contributed by atoms with Crippen LogP contribution in [0, 0.1) is 0 Å². The third-order valence-electron chi connectivity index (χ3n) is 2.04. The van der Waals surface area contributed by atoms with Crippen LogP contribution in [-0.2, 0) is 16.5 Å². The van der Waals surface area contributed by atoms with Crippen molar-refractivity contribution in [2.75, 3.05) is 0 Å². The highest BCUT2D eigenvalue weighted by Gasteiger charge is 2.17. The molecule has 0 aliphatic carbocycles. The summed E-state index contributed by atoms with van der Waals surface area (Å²) in [6.45, 7) is 0. The van der Waals surface area contributed by atoms with Crippen LogP contribution in [0.4, 0.5) is 0 Å². The number of phenols is 1. The van der Waals surface area contributed by atoms with E-state index in [1.807, 2.05) is 0 Å². The topological polar surface area (TPSA) is 101 Å². The summed E-state index contributed by atoms with van der Waals surface area (Å²) in [6.07, 6.45) is 0.574. The second-order valence-corrected chi connectivity index (χ2v) is 4.89. The van der Waals surface area contributed by atoms with Crippen LogP contribution in [0.5, 0.6) is 5.75 Å². The fraction of sp³-hybridized carbons (Fsp3) is 0.333. The highest BCUT2D eigenvalue weighted by atomic mass is 32.2. The Labute approximate surface area is 88.3 Å². The zero-order valence-corrected chi connectivity index (χ0v) is 8.81. The lowest BCUT2D eigenvalue weighted by molar-refractivity contribution is 0.462. The van der Waals surface area contributed by atoms with Crippen LogP contribution in [0.25, 0.3) is 0 Å². The predicted octanol–water partition coefficient (Wildman–Crippen LogP) is 0.497. The normalized spacial score (nSPS) is 13.7. The molecule has 1 unspecified atom stereocenters. The van der Waals surface area contributed by atoms with E-state index >= 15 is 0 Å². The van der Waals surface area contributed by atoms with Gasteiger partial charge in [-0.05, 0) is 30.5 Å². The number of nitrogens with two attached hydrogens (primary N) is 1. The van der Waals surface area contributed by atoms with Crippen molar-refractivity contribution in [1.29, 1.82) is 0 Å². The van der Waals surface area contributed by atoms with E-state index < -0.39 is 15.5 Å². The molecule has 5 nitrogen and oxygen atoms in total. The molecule has 0 radical (unpaired) electrons. The van der Waals surface area contributed by atoms with E-state index in [1.54, 1.807) is 12.1 Å². The molecule has 0 bridgehead atoms. The number of rotatable bonds is 4. The molecule has 1 atom stereocenters. The van der Waals surface area contributed by atoms with Crippen molar-refractivity contribution in [2.24, 2.45) is 5.73 Å². The lowest BCUT2D eigenvalue weighted by Gasteiger charge is -2.07. The fourth-order valence-corrected chi connectivity index (χ4v) is 1.54. The maximum atomic E-state index is 10.6. The van der Waals surface area contributed by atoms with Crippen LogP contribution in [0.15, 0.2) is 24.3 Å². The van der Waals surface area contributed by atoms with Crippen LogP contribution in [0.2, 0.25) is 0 Å². The summed E-state index contributed by atoms with van der Waals surface area (Å²) in [4.78, 5) is 0. The van der Waals surface area contributed by atoms with Crippen LogP contribution >= 0.6 is 0 Å². The highest BCUT2D eigenvalue weighted by molar-refractivity contribution is 7.86. The lowest BCUT2D eigenvalue weighted by atomic mass is 10.1. The SMILES string of the molecule is NC(CCc1ccc(O)cc1)S(=O)(=O)O. The number of aromatic hydroxyl groups is 1. The molecular formula is C9H13NO4S. The minimum atomic E-state index is -4.15. The summed E-state index contributed by atoms with van der Waals surface area (Å²) in [6, 6.07) is 6.36. The molecule has 4 N–H and O–H groups in total. The Balaban J connectivity index is 2.55. The van der Waals surface area contributed by atoms with Crippen molar-refractivity contribution < 1.29 is 18.1 Å². The molecule has 15 heavy (non-hydrogen) atoms. The third-order valence-corrected chi connectivity index (χ3v) is 3.04. The largest absolute Gasteiger partial charge is 0.508 e. The van der Waals surface area contributed by atoms with E-state index in [0.29, 0.717) is 6.42 Å². The van der Waals surface area contributed by atoms with Crippen molar-refractivity contribution in [1.82, 2.24) is 0 Å². The number of aryl methyl sites for hydroxylation is 1. The van der Waals surface area contributed by atoms with Gasteiger partial charge in [0.2, 0.25) is 0 Å². The minimum Gasteiger partial charge on any atom is -0.508 e. The van der Waals surface area contributed by atoms with E-state index in [4.69, 9.17) is 15.4 Å². The molecule has 0 saturated heterocycles. The Bertz CT molecular complexity index is 412. The summed E-state index contributed by atoms with van der Waals surface area (Å²) in [5.74, 6) is 0.151. The summed E-state index contributed by atoms with van der Waals surface area (Å²) >= 11 is 0. The molecule has 0 amide bonds. The van der Waals surface area contributed by atoms with Crippen LogP contribution in [-0.4, -0.2) is 23.5 Å². The molecule has 0 saturated carbocycles. The van der Waals surface area contributed by atoms with Crippen molar-refractivity contribution in [3.05, 3.63) is 29.8 Å². The molecular weight excluding hydrogens is 218 g/mol. The number of hydrogen-bond donors (Lipinski definition) is 3. The van der Waals surface area contributed by atoms with E-state index in [-0.39, 0.29) is 12.2 Å². The first-order valence-electron chi connectivity index (χ1n) is 4.39. The Morgan fingerprint density at radius 1 is 1.27 bits per heavy atom. The number of hydrogen-bond acceptors (Lipinski definition) is 4. The second kappa shape index (κ2) is 4.61. The summed E-state index contributed by atoms with van der Waals surface area (Å²) in [7, 11) is -4.15. The van der Waals surface area contributed by atoms with Crippen LogP contribution in [0.3, 0.4) is 0 Å². The molecule has 6 heteroatoms. The van der Waals surface area contributed by atoms with E-state index in [1.165, 1.54) is 12.1 Å². The first-order chi connectivity index (χ1) is 6.89. The Hall–Kier alpha value is -1.11. The molecule has 0 spiro atoms. The molecule has 0 aromatic heterocycles. The fourth-order valence-electron chi connectivity index (χ4n) is 1.12. The van der Waals surface area contributed by atoms with Gasteiger partial charge in [0.25, 0.3) is 10.1 Å². The van der Waals surface area contributed by atoms with Crippen LogP contribution in [0.1, 0.15) is 12.0 Å². The van der Waals surface area contributed by atoms with E-state index in [0.717, 1.165) is 5.56 Å². The van der Waals surface area contributed by atoms with Gasteiger partial charge in [-0.1, -0.05) is 12.1 Å². The molecule has 1 aromatic carbocycles. The van der Waals surface area contributed by atoms with Gasteiger partial charge in [-0.15, -0.1) is 0 Å². The maximum Gasteiger partial charge on any atom is 0.280 e. The van der Waals surface area contributed by atoms with Gasteiger partial charge in [0, 0.05) is 0 Å². The second-order valence-electron chi connectivity index (χ2n) is 3.26. The average Bonchev–Trinajstić information content (AvgIpc) is 2.15. The van der Waals surface area contributed by atoms with Gasteiger partial charge in [-0.2, -0.15) is 8.42 Å². The van der Waals surface area contributed by atoms with Gasteiger partial charge in [0.1, 0.15) is 11.1 Å². The van der Waals surface area contributed by atoms with E-state index in [2.05, 4.69) is 0 Å². The molecule has 1 aromatic rings. The molecule has 0 fully saturated rings. The first-order valence-corrected chi connectivity index (χ1v) is 5.89. The van der Waals surface area contributed by atoms with Gasteiger partial charge in [0.15, 0.2) is 0 Å². The Kier molecular flexibility index (Phi) is 3.67. The van der Waals surface area contributed by atoms with Crippen molar-refractivity contribution in [2.45, 2.75) is 18.2 Å². The van der Waals surface area contributed by atoms with Gasteiger partial charge in [-0.3, -0.25) is 4.55 Å². The molecule has 1 rings (SSSR count). The molecule has 0 aliphatic rings. The summed E-state index contributed by atoms with van der Waals surface area (Å²) in [5.41, 5.74) is 6.09. The quantitative estimate of drug-likeness (QED) is 0.655. The monoisotopic (exact) mass is 231 g/mol. The molecule has 0 heterocycles. The van der Waals surface area contributed by atoms with Gasteiger partial charge in [-0.25, -0.2) is 0 Å². The lowest BCUT2D eigenvalue weighted by Crippen LogP contribution is -2.30. The van der Waals surface area contributed by atoms with Crippen molar-refractivity contribution in [3.8, 4) is 5.75 Å². The third kappa shape index (κ3) is 3.86. The number of phenolic OH excluding ortho intramolecular Hbond substituents is 1. The number of benzene rings is 1. The highest BCUT2D eigenvalue weighted by Crippen LogP contribution is 2.12. The summed E-state index contributed by atoms with van der Waals surface area (Å²) < 4.78 is 29.8. The van der Waals surface area contributed by atoms with Gasteiger partial charge in [0.05, 0.1) is 0 Å². The summed E-state index contributed by atoms with van der Waals surface area (Å²) in [5, 5.41) is 7.74. The van der Waals surface area contributed by atoms with E-state index in [9.17, 15) is 8.42 Å². The van der Waals surface area contributed by atoms with Crippen molar-refractivity contribution in [3.63, 3.8) is 0 Å². The smallest absolute Gasteiger partial charge is 0.280 e. The molecule has 0 aliphatic heterocycles. The van der Waals surface area contributed by atoms with Crippen LogP contribution < -0.4 is 5.73 Å². The molecule has 84 valence electrons. The minimum absolute atomic E-state index is 0.142. The zero-order valence-electron chi connectivity index (χ0n) is 8.00. The van der Waals surface area contributed by atoms with Gasteiger partial charge < -0.3 is 10.8 Å². The first kappa shape index (κ1) is 12.0.